The number of hydrogen-bond acceptors (Lipinski definition) is 7. The predicted molar refractivity (Wildman–Crippen MR) is 101 cm³/mol. The maximum Gasteiger partial charge on any atom is 0.338 e. The highest BCUT2D eigenvalue weighted by Crippen LogP contribution is 2.14. The van der Waals surface area contributed by atoms with Gasteiger partial charge in [0.2, 0.25) is 10.9 Å². The lowest BCUT2D eigenvalue weighted by Gasteiger charge is -2.09. The van der Waals surface area contributed by atoms with Crippen LogP contribution in [0.1, 0.15) is 34.9 Å². The molecule has 0 radical (unpaired) electrons. The zero-order chi connectivity index (χ0) is 19.6. The molecule has 3 aromatic rings. The van der Waals surface area contributed by atoms with E-state index in [-0.39, 0.29) is 24.0 Å². The fourth-order valence-electron chi connectivity index (χ4n) is 2.26. The van der Waals surface area contributed by atoms with Crippen LogP contribution < -0.4 is 10.9 Å². The number of amides is 1. The highest BCUT2D eigenvalue weighted by molar-refractivity contribution is 7.16. The first-order valence-corrected chi connectivity index (χ1v) is 9.09. The maximum absolute atomic E-state index is 12.3. The summed E-state index contributed by atoms with van der Waals surface area (Å²) in [6.07, 6.45) is 0. The van der Waals surface area contributed by atoms with E-state index in [1.807, 2.05) is 0 Å². The molecule has 1 amide bonds. The number of ether oxygens (including phenoxy) is 1. The molecule has 0 saturated carbocycles. The molecule has 0 aliphatic carbocycles. The van der Waals surface area contributed by atoms with E-state index in [0.29, 0.717) is 26.9 Å². The number of hydrogen-bond donors (Lipinski definition) is 1. The van der Waals surface area contributed by atoms with Crippen molar-refractivity contribution in [3.05, 3.63) is 57.0 Å². The fraction of sp³-hybridized carbons (Fsp3) is 0.278. The second kappa shape index (κ2) is 7.67. The Morgan fingerprint density at radius 1 is 1.30 bits per heavy atom. The summed E-state index contributed by atoms with van der Waals surface area (Å²) in [4.78, 5) is 40.8. The number of fused-ring (bicyclic) bond motifs is 1. The number of anilines is 1. The van der Waals surface area contributed by atoms with Crippen LogP contribution in [0.5, 0.6) is 0 Å². The number of rotatable bonds is 5. The molecule has 2 heterocycles. The molecule has 0 unspecified atom stereocenters. The number of aryl methyl sites for hydroxylation is 1. The Balaban J connectivity index is 1.71. The molecule has 0 aliphatic heterocycles. The van der Waals surface area contributed by atoms with Crippen LogP contribution in [-0.2, 0) is 16.1 Å². The Labute approximate surface area is 158 Å². The van der Waals surface area contributed by atoms with Gasteiger partial charge in [-0.05, 0) is 25.1 Å². The van der Waals surface area contributed by atoms with Crippen molar-refractivity contribution in [1.82, 2.24) is 14.6 Å². The topological polar surface area (TPSA) is 103 Å². The van der Waals surface area contributed by atoms with Gasteiger partial charge >= 0.3 is 5.97 Å². The number of benzene rings is 1. The number of esters is 1. The number of carbonyl (C=O) groups excluding carboxylic acids is 2. The standard InChI is InChI=1S/C18H18N4O4S/c1-10(2)16(24)19-13-6-4-5-12(7-13)17(25)26-9-14-8-15(23)22-18(20-14)27-11(3)21-22/h4-8,10H,9H2,1-3H3,(H,19,24). The number of nitrogens with one attached hydrogen (secondary N) is 1. The Morgan fingerprint density at radius 2 is 2.07 bits per heavy atom. The quantitative estimate of drug-likeness (QED) is 0.676. The molecule has 27 heavy (non-hydrogen) atoms. The van der Waals surface area contributed by atoms with Gasteiger partial charge in [0.1, 0.15) is 11.6 Å². The summed E-state index contributed by atoms with van der Waals surface area (Å²) >= 11 is 1.28. The molecule has 0 saturated heterocycles. The lowest BCUT2D eigenvalue weighted by atomic mass is 10.1. The van der Waals surface area contributed by atoms with Gasteiger partial charge < -0.3 is 10.1 Å². The van der Waals surface area contributed by atoms with Crippen molar-refractivity contribution in [2.45, 2.75) is 27.4 Å². The molecule has 2 aromatic heterocycles. The zero-order valence-electron chi connectivity index (χ0n) is 15.1. The summed E-state index contributed by atoms with van der Waals surface area (Å²) in [5.74, 6) is -0.882. The van der Waals surface area contributed by atoms with Gasteiger partial charge in [0.15, 0.2) is 0 Å². The first kappa shape index (κ1) is 18.7. The summed E-state index contributed by atoms with van der Waals surface area (Å²) in [5, 5.41) is 7.51. The van der Waals surface area contributed by atoms with Crippen LogP contribution in [0, 0.1) is 12.8 Å². The number of nitrogens with zero attached hydrogens (tertiary/aromatic N) is 3. The molecule has 3 rings (SSSR count). The van der Waals surface area contributed by atoms with Crippen molar-refractivity contribution in [2.24, 2.45) is 5.92 Å². The largest absolute Gasteiger partial charge is 0.456 e. The molecular formula is C18H18N4O4S. The third-order valence-corrected chi connectivity index (χ3v) is 4.46. The lowest BCUT2D eigenvalue weighted by molar-refractivity contribution is -0.118. The van der Waals surface area contributed by atoms with E-state index in [4.69, 9.17) is 4.74 Å². The van der Waals surface area contributed by atoms with Gasteiger partial charge in [0, 0.05) is 17.7 Å². The van der Waals surface area contributed by atoms with Crippen molar-refractivity contribution >= 4 is 33.9 Å². The van der Waals surface area contributed by atoms with Crippen molar-refractivity contribution in [1.29, 1.82) is 0 Å². The molecule has 0 atom stereocenters. The van der Waals surface area contributed by atoms with Crippen LogP contribution in [0.15, 0.2) is 35.1 Å². The first-order valence-electron chi connectivity index (χ1n) is 8.28. The van der Waals surface area contributed by atoms with Crippen LogP contribution in [0.25, 0.3) is 4.96 Å². The Hall–Kier alpha value is -3.07. The summed E-state index contributed by atoms with van der Waals surface area (Å²) in [5.41, 5.74) is 0.833. The van der Waals surface area contributed by atoms with Gasteiger partial charge in [-0.3, -0.25) is 9.59 Å². The van der Waals surface area contributed by atoms with E-state index in [2.05, 4.69) is 15.4 Å². The Kier molecular flexibility index (Phi) is 5.31. The third-order valence-electron chi connectivity index (χ3n) is 3.64. The van der Waals surface area contributed by atoms with E-state index >= 15 is 0 Å². The number of aromatic nitrogens is 3. The summed E-state index contributed by atoms with van der Waals surface area (Å²) in [6.45, 7) is 5.21. The average Bonchev–Trinajstić information content (AvgIpc) is 3.00. The molecule has 9 heteroatoms. The van der Waals surface area contributed by atoms with Crippen molar-refractivity contribution < 1.29 is 14.3 Å². The molecule has 0 aliphatic rings. The van der Waals surface area contributed by atoms with Crippen LogP contribution in [0.4, 0.5) is 5.69 Å². The molecule has 0 bridgehead atoms. The van der Waals surface area contributed by atoms with Crippen molar-refractivity contribution in [2.75, 3.05) is 5.32 Å². The normalized spacial score (nSPS) is 11.0. The summed E-state index contributed by atoms with van der Waals surface area (Å²) in [7, 11) is 0. The second-order valence-electron chi connectivity index (χ2n) is 6.20. The molecule has 1 aromatic carbocycles. The highest BCUT2D eigenvalue weighted by atomic mass is 32.1. The van der Waals surface area contributed by atoms with E-state index in [9.17, 15) is 14.4 Å². The predicted octanol–water partition coefficient (Wildman–Crippen LogP) is 2.41. The minimum Gasteiger partial charge on any atom is -0.456 e. The smallest absolute Gasteiger partial charge is 0.338 e. The molecular weight excluding hydrogens is 368 g/mol. The molecule has 140 valence electrons. The van der Waals surface area contributed by atoms with Gasteiger partial charge in [0.25, 0.3) is 5.56 Å². The molecule has 1 N–H and O–H groups in total. The van der Waals surface area contributed by atoms with Gasteiger partial charge in [-0.15, -0.1) is 0 Å². The monoisotopic (exact) mass is 386 g/mol. The van der Waals surface area contributed by atoms with Crippen LogP contribution in [0.2, 0.25) is 0 Å². The van der Waals surface area contributed by atoms with Gasteiger partial charge in [-0.25, -0.2) is 9.78 Å². The van der Waals surface area contributed by atoms with Crippen LogP contribution >= 0.6 is 11.3 Å². The first-order chi connectivity index (χ1) is 12.8. The fourth-order valence-corrected chi connectivity index (χ4v) is 3.03. The summed E-state index contributed by atoms with van der Waals surface area (Å²) in [6, 6.07) is 7.77. The molecule has 8 nitrogen and oxygen atoms in total. The molecule has 0 spiro atoms. The van der Waals surface area contributed by atoms with Crippen molar-refractivity contribution in [3.8, 4) is 0 Å². The molecule has 0 fully saturated rings. The zero-order valence-corrected chi connectivity index (χ0v) is 15.9. The van der Waals surface area contributed by atoms with Gasteiger partial charge in [0.05, 0.1) is 11.3 Å². The van der Waals surface area contributed by atoms with E-state index < -0.39 is 5.97 Å². The lowest BCUT2D eigenvalue weighted by Crippen LogP contribution is -2.18. The third kappa shape index (κ3) is 4.37. The minimum absolute atomic E-state index is 0.135. The highest BCUT2D eigenvalue weighted by Gasteiger charge is 2.13. The van der Waals surface area contributed by atoms with E-state index in [1.54, 1.807) is 45.0 Å². The Bertz CT molecular complexity index is 1070. The van der Waals surface area contributed by atoms with Crippen LogP contribution in [0.3, 0.4) is 0 Å². The van der Waals surface area contributed by atoms with Gasteiger partial charge in [-0.2, -0.15) is 9.61 Å². The Morgan fingerprint density at radius 3 is 2.81 bits per heavy atom. The van der Waals surface area contributed by atoms with Crippen molar-refractivity contribution in [3.63, 3.8) is 0 Å². The maximum atomic E-state index is 12.3. The van der Waals surface area contributed by atoms with Crippen LogP contribution in [-0.4, -0.2) is 26.5 Å². The second-order valence-corrected chi connectivity index (χ2v) is 7.36. The van der Waals surface area contributed by atoms with E-state index in [1.165, 1.54) is 21.9 Å². The average molecular weight is 386 g/mol. The number of carbonyl (C=O) groups is 2. The minimum atomic E-state index is -0.571. The van der Waals surface area contributed by atoms with E-state index in [0.717, 1.165) is 0 Å². The van der Waals surface area contributed by atoms with Gasteiger partial charge in [-0.1, -0.05) is 31.3 Å². The SMILES string of the molecule is Cc1nn2c(=O)cc(COC(=O)c3cccc(NC(=O)C(C)C)c3)nc2s1. The summed E-state index contributed by atoms with van der Waals surface area (Å²) < 4.78 is 6.47.